The fourth-order valence-corrected chi connectivity index (χ4v) is 1.60. The van der Waals surface area contributed by atoms with Gasteiger partial charge in [-0.2, -0.15) is 0 Å². The zero-order valence-electron chi connectivity index (χ0n) is 11.4. The van der Waals surface area contributed by atoms with Crippen LogP contribution in [0, 0.1) is 0 Å². The first-order valence-electron chi connectivity index (χ1n) is 6.22. The number of carbonyl (C=O) groups is 2. The Morgan fingerprint density at radius 3 is 2.47 bits per heavy atom. The summed E-state index contributed by atoms with van der Waals surface area (Å²) in [6.07, 6.45) is 1.91. The molecule has 2 N–H and O–H groups in total. The number of rotatable bonds is 6. The SMILES string of the molecule is C=CC(=O)NC(C)(C)C(=O)NCCc1ccccc1. The molecule has 1 aromatic rings. The highest BCUT2D eigenvalue weighted by molar-refractivity contribution is 5.94. The smallest absolute Gasteiger partial charge is 0.245 e. The van der Waals surface area contributed by atoms with E-state index in [1.165, 1.54) is 0 Å². The van der Waals surface area contributed by atoms with Crippen LogP contribution in [0.15, 0.2) is 43.0 Å². The van der Waals surface area contributed by atoms with Crippen molar-refractivity contribution in [3.05, 3.63) is 48.6 Å². The van der Waals surface area contributed by atoms with E-state index in [0.717, 1.165) is 18.1 Å². The van der Waals surface area contributed by atoms with E-state index in [9.17, 15) is 9.59 Å². The lowest BCUT2D eigenvalue weighted by Gasteiger charge is -2.24. The predicted molar refractivity (Wildman–Crippen MR) is 75.6 cm³/mol. The molecule has 0 fully saturated rings. The van der Waals surface area contributed by atoms with Gasteiger partial charge in [-0.05, 0) is 31.9 Å². The second-order valence-electron chi connectivity index (χ2n) is 4.81. The maximum Gasteiger partial charge on any atom is 0.245 e. The third kappa shape index (κ3) is 4.95. The summed E-state index contributed by atoms with van der Waals surface area (Å²) in [5.41, 5.74) is 0.220. The van der Waals surface area contributed by atoms with Gasteiger partial charge in [-0.1, -0.05) is 36.9 Å². The number of hydrogen-bond acceptors (Lipinski definition) is 2. The van der Waals surface area contributed by atoms with E-state index in [1.807, 2.05) is 30.3 Å². The molecule has 0 unspecified atom stereocenters. The summed E-state index contributed by atoms with van der Waals surface area (Å²) in [5.74, 6) is -0.568. The first kappa shape index (κ1) is 15.0. The molecule has 0 saturated carbocycles. The van der Waals surface area contributed by atoms with Crippen LogP contribution in [-0.2, 0) is 16.0 Å². The normalized spacial score (nSPS) is 10.6. The molecule has 0 spiro atoms. The van der Waals surface area contributed by atoms with Gasteiger partial charge in [0.05, 0.1) is 0 Å². The molecule has 4 nitrogen and oxygen atoms in total. The predicted octanol–water partition coefficient (Wildman–Crippen LogP) is 1.43. The fourth-order valence-electron chi connectivity index (χ4n) is 1.60. The van der Waals surface area contributed by atoms with Crippen molar-refractivity contribution in [1.29, 1.82) is 0 Å². The minimum atomic E-state index is -0.942. The molecule has 102 valence electrons. The topological polar surface area (TPSA) is 58.2 Å². The summed E-state index contributed by atoms with van der Waals surface area (Å²) >= 11 is 0. The zero-order chi connectivity index (χ0) is 14.3. The van der Waals surface area contributed by atoms with E-state index in [-0.39, 0.29) is 11.8 Å². The summed E-state index contributed by atoms with van der Waals surface area (Å²) < 4.78 is 0. The molecular weight excluding hydrogens is 240 g/mol. The Bertz CT molecular complexity index is 452. The fraction of sp³-hybridized carbons (Fsp3) is 0.333. The summed E-state index contributed by atoms with van der Waals surface area (Å²) in [4.78, 5) is 23.2. The highest BCUT2D eigenvalue weighted by Crippen LogP contribution is 2.03. The number of amides is 2. The maximum atomic E-state index is 11.9. The van der Waals surface area contributed by atoms with Crippen LogP contribution in [0.3, 0.4) is 0 Å². The molecule has 0 heterocycles. The van der Waals surface area contributed by atoms with E-state index < -0.39 is 5.54 Å². The Balaban J connectivity index is 2.42. The molecule has 0 saturated heterocycles. The van der Waals surface area contributed by atoms with Crippen molar-refractivity contribution >= 4 is 11.8 Å². The first-order chi connectivity index (χ1) is 8.95. The molecule has 19 heavy (non-hydrogen) atoms. The maximum absolute atomic E-state index is 11.9. The highest BCUT2D eigenvalue weighted by Gasteiger charge is 2.28. The highest BCUT2D eigenvalue weighted by atomic mass is 16.2. The van der Waals surface area contributed by atoms with Gasteiger partial charge in [0, 0.05) is 6.54 Å². The van der Waals surface area contributed by atoms with Gasteiger partial charge in [0.2, 0.25) is 11.8 Å². The summed E-state index contributed by atoms with van der Waals surface area (Å²) in [6.45, 7) is 7.22. The largest absolute Gasteiger partial charge is 0.354 e. The molecule has 1 rings (SSSR count). The van der Waals surface area contributed by atoms with Gasteiger partial charge in [0.1, 0.15) is 5.54 Å². The molecule has 0 bridgehead atoms. The Hall–Kier alpha value is -2.10. The van der Waals surface area contributed by atoms with Crippen LogP contribution in [-0.4, -0.2) is 23.9 Å². The van der Waals surface area contributed by atoms with Crippen LogP contribution >= 0.6 is 0 Å². The molecule has 0 aliphatic heterocycles. The quantitative estimate of drug-likeness (QED) is 0.760. The lowest BCUT2D eigenvalue weighted by atomic mass is 10.0. The molecule has 1 aromatic carbocycles. The third-order valence-corrected chi connectivity index (χ3v) is 2.73. The Morgan fingerprint density at radius 2 is 1.89 bits per heavy atom. The number of hydrogen-bond donors (Lipinski definition) is 2. The monoisotopic (exact) mass is 260 g/mol. The molecule has 0 aliphatic rings. The zero-order valence-corrected chi connectivity index (χ0v) is 11.4. The van der Waals surface area contributed by atoms with Crippen molar-refractivity contribution in [3.8, 4) is 0 Å². The molecular formula is C15H20N2O2. The summed E-state index contributed by atoms with van der Waals surface area (Å²) in [7, 11) is 0. The lowest BCUT2D eigenvalue weighted by Crippen LogP contribution is -2.54. The van der Waals surface area contributed by atoms with E-state index in [0.29, 0.717) is 6.54 Å². The van der Waals surface area contributed by atoms with Gasteiger partial charge >= 0.3 is 0 Å². The van der Waals surface area contributed by atoms with Crippen molar-refractivity contribution in [2.24, 2.45) is 0 Å². The number of nitrogens with one attached hydrogen (secondary N) is 2. The Kier molecular flexibility index (Phi) is 5.30. The summed E-state index contributed by atoms with van der Waals surface area (Å²) in [6, 6.07) is 9.90. The van der Waals surface area contributed by atoms with Crippen LogP contribution in [0.5, 0.6) is 0 Å². The minimum Gasteiger partial charge on any atom is -0.354 e. The van der Waals surface area contributed by atoms with E-state index in [1.54, 1.807) is 13.8 Å². The first-order valence-corrected chi connectivity index (χ1v) is 6.22. The Morgan fingerprint density at radius 1 is 1.26 bits per heavy atom. The lowest BCUT2D eigenvalue weighted by molar-refractivity contribution is -0.130. The van der Waals surface area contributed by atoms with Crippen LogP contribution in [0.25, 0.3) is 0 Å². The number of carbonyl (C=O) groups excluding carboxylic acids is 2. The number of benzene rings is 1. The van der Waals surface area contributed by atoms with Crippen LogP contribution in [0.4, 0.5) is 0 Å². The molecule has 0 aliphatic carbocycles. The van der Waals surface area contributed by atoms with E-state index in [2.05, 4.69) is 17.2 Å². The third-order valence-electron chi connectivity index (χ3n) is 2.73. The van der Waals surface area contributed by atoms with E-state index in [4.69, 9.17) is 0 Å². The van der Waals surface area contributed by atoms with Crippen molar-refractivity contribution in [2.45, 2.75) is 25.8 Å². The molecule has 4 heteroatoms. The van der Waals surface area contributed by atoms with Crippen LogP contribution in [0.1, 0.15) is 19.4 Å². The average molecular weight is 260 g/mol. The van der Waals surface area contributed by atoms with E-state index >= 15 is 0 Å². The average Bonchev–Trinajstić information content (AvgIpc) is 2.39. The Labute approximate surface area is 113 Å². The van der Waals surface area contributed by atoms with Crippen molar-refractivity contribution < 1.29 is 9.59 Å². The van der Waals surface area contributed by atoms with Gasteiger partial charge in [-0.15, -0.1) is 0 Å². The van der Waals surface area contributed by atoms with Gasteiger partial charge in [0.25, 0.3) is 0 Å². The van der Waals surface area contributed by atoms with Crippen LogP contribution in [0.2, 0.25) is 0 Å². The standard InChI is InChI=1S/C15H20N2O2/c1-4-13(18)17-15(2,3)14(19)16-11-10-12-8-6-5-7-9-12/h4-9H,1,10-11H2,2-3H3,(H,16,19)(H,17,18). The van der Waals surface area contributed by atoms with Gasteiger partial charge < -0.3 is 10.6 Å². The van der Waals surface area contributed by atoms with Crippen molar-refractivity contribution in [3.63, 3.8) is 0 Å². The van der Waals surface area contributed by atoms with Gasteiger partial charge in [-0.3, -0.25) is 9.59 Å². The van der Waals surface area contributed by atoms with Crippen molar-refractivity contribution in [1.82, 2.24) is 10.6 Å². The molecule has 2 amide bonds. The van der Waals surface area contributed by atoms with Crippen molar-refractivity contribution in [2.75, 3.05) is 6.54 Å². The second kappa shape index (κ2) is 6.73. The second-order valence-corrected chi connectivity index (χ2v) is 4.81. The minimum absolute atomic E-state index is 0.210. The molecule has 0 radical (unpaired) electrons. The summed E-state index contributed by atoms with van der Waals surface area (Å²) in [5, 5.41) is 5.40. The van der Waals surface area contributed by atoms with Gasteiger partial charge in [-0.25, -0.2) is 0 Å². The molecule has 0 atom stereocenters. The van der Waals surface area contributed by atoms with Gasteiger partial charge in [0.15, 0.2) is 0 Å². The van der Waals surface area contributed by atoms with Crippen LogP contribution < -0.4 is 10.6 Å². The molecule has 0 aromatic heterocycles.